The fraction of sp³-hybridized carbons (Fsp3) is 0.0435. The molecule has 0 unspecified atom stereocenters. The molecular formula is C23H17Br2N3OS. The molecule has 1 heterocycles. The van der Waals surface area contributed by atoms with Crippen LogP contribution in [-0.4, -0.2) is 11.2 Å². The molecule has 0 spiro atoms. The van der Waals surface area contributed by atoms with Gasteiger partial charge in [0.05, 0.1) is 11.9 Å². The second-order valence-electron chi connectivity index (χ2n) is 6.40. The number of hydrazone groups is 1. The van der Waals surface area contributed by atoms with E-state index in [9.17, 15) is 0 Å². The topological polar surface area (TPSA) is 46.5 Å². The number of halogens is 2. The van der Waals surface area contributed by atoms with Crippen molar-refractivity contribution in [3.63, 3.8) is 0 Å². The maximum atomic E-state index is 5.83. The van der Waals surface area contributed by atoms with Gasteiger partial charge in [0.1, 0.15) is 12.4 Å². The number of hydrogen-bond acceptors (Lipinski definition) is 5. The smallest absolute Gasteiger partial charge is 0.203 e. The first-order valence-electron chi connectivity index (χ1n) is 9.13. The Morgan fingerprint density at radius 2 is 1.57 bits per heavy atom. The number of aromatic nitrogens is 1. The van der Waals surface area contributed by atoms with Gasteiger partial charge in [-0.15, -0.1) is 11.3 Å². The van der Waals surface area contributed by atoms with Crippen LogP contribution in [0.3, 0.4) is 0 Å². The lowest BCUT2D eigenvalue weighted by molar-refractivity contribution is 0.306. The molecule has 0 aliphatic carbocycles. The maximum Gasteiger partial charge on any atom is 0.203 e. The average molecular weight is 543 g/mol. The number of rotatable bonds is 7. The Morgan fingerprint density at radius 1 is 0.900 bits per heavy atom. The van der Waals surface area contributed by atoms with E-state index in [4.69, 9.17) is 4.74 Å². The molecular weight excluding hydrogens is 526 g/mol. The largest absolute Gasteiger partial charge is 0.489 e. The number of hydrogen-bond donors (Lipinski definition) is 1. The van der Waals surface area contributed by atoms with E-state index >= 15 is 0 Å². The predicted molar refractivity (Wildman–Crippen MR) is 131 cm³/mol. The summed E-state index contributed by atoms with van der Waals surface area (Å²) in [7, 11) is 0. The monoisotopic (exact) mass is 541 g/mol. The zero-order chi connectivity index (χ0) is 20.8. The number of thiazole rings is 1. The zero-order valence-electron chi connectivity index (χ0n) is 15.8. The van der Waals surface area contributed by atoms with Crippen LogP contribution in [0.1, 0.15) is 11.1 Å². The van der Waals surface area contributed by atoms with Crippen LogP contribution >= 0.6 is 43.2 Å². The molecule has 3 aromatic carbocycles. The van der Waals surface area contributed by atoms with Crippen LogP contribution < -0.4 is 10.2 Å². The van der Waals surface area contributed by atoms with Crippen LogP contribution in [0, 0.1) is 0 Å². The number of benzene rings is 3. The van der Waals surface area contributed by atoms with E-state index in [0.717, 1.165) is 42.2 Å². The van der Waals surface area contributed by atoms with E-state index in [1.165, 1.54) is 11.3 Å². The van der Waals surface area contributed by atoms with Gasteiger partial charge < -0.3 is 4.74 Å². The fourth-order valence-corrected chi connectivity index (χ4v) is 3.83. The van der Waals surface area contributed by atoms with Crippen LogP contribution in [0.4, 0.5) is 5.13 Å². The van der Waals surface area contributed by atoms with Gasteiger partial charge in [-0.1, -0.05) is 56.1 Å². The fourth-order valence-electron chi connectivity index (χ4n) is 2.64. The summed E-state index contributed by atoms with van der Waals surface area (Å²) in [5.74, 6) is 0.821. The summed E-state index contributed by atoms with van der Waals surface area (Å²) >= 11 is 8.40. The second-order valence-corrected chi connectivity index (χ2v) is 9.09. The Kier molecular flexibility index (Phi) is 6.94. The van der Waals surface area contributed by atoms with Crippen LogP contribution in [0.2, 0.25) is 0 Å². The van der Waals surface area contributed by atoms with Crippen molar-refractivity contribution >= 4 is 54.5 Å². The lowest BCUT2D eigenvalue weighted by Gasteiger charge is -2.06. The second kappa shape index (κ2) is 10.0. The minimum absolute atomic E-state index is 0.535. The van der Waals surface area contributed by atoms with E-state index in [1.807, 2.05) is 78.2 Å². The van der Waals surface area contributed by atoms with E-state index in [0.29, 0.717) is 6.61 Å². The van der Waals surface area contributed by atoms with Gasteiger partial charge in [0.15, 0.2) is 0 Å². The summed E-state index contributed by atoms with van der Waals surface area (Å²) in [6.07, 6.45) is 1.76. The summed E-state index contributed by atoms with van der Waals surface area (Å²) in [6.45, 7) is 0.535. The van der Waals surface area contributed by atoms with Crippen molar-refractivity contribution < 1.29 is 4.74 Å². The third-order valence-electron chi connectivity index (χ3n) is 4.22. The molecule has 4 nitrogen and oxygen atoms in total. The number of ether oxygens (including phenoxy) is 1. The van der Waals surface area contributed by atoms with Crippen molar-refractivity contribution in [2.75, 3.05) is 5.43 Å². The standard InChI is InChI=1S/C23H17Br2N3OS/c24-19-7-1-17(2-8-19)14-29-21-11-3-16(4-12-21)13-26-28-23-27-22(15-30-23)18-5-9-20(25)10-6-18/h1-13,15H,14H2,(H,27,28)/b26-13-. The highest BCUT2D eigenvalue weighted by molar-refractivity contribution is 9.10. The van der Waals surface area contributed by atoms with Gasteiger partial charge in [-0.2, -0.15) is 5.10 Å². The van der Waals surface area contributed by atoms with Gasteiger partial charge >= 0.3 is 0 Å². The predicted octanol–water partition coefficient (Wildman–Crippen LogP) is 7.36. The highest BCUT2D eigenvalue weighted by Crippen LogP contribution is 2.26. The molecule has 1 aromatic heterocycles. The Bertz CT molecular complexity index is 1120. The van der Waals surface area contributed by atoms with Crippen LogP contribution in [0.15, 0.2) is 92.2 Å². The van der Waals surface area contributed by atoms with E-state index in [-0.39, 0.29) is 0 Å². The van der Waals surface area contributed by atoms with Gasteiger partial charge in [-0.05, 0) is 59.7 Å². The van der Waals surface area contributed by atoms with Crippen molar-refractivity contribution in [2.45, 2.75) is 6.61 Å². The highest BCUT2D eigenvalue weighted by Gasteiger charge is 2.03. The molecule has 4 rings (SSSR count). The Hall–Kier alpha value is -2.48. The molecule has 30 heavy (non-hydrogen) atoms. The molecule has 0 radical (unpaired) electrons. The molecule has 1 N–H and O–H groups in total. The van der Waals surface area contributed by atoms with Crippen molar-refractivity contribution in [3.8, 4) is 17.0 Å². The van der Waals surface area contributed by atoms with Crippen LogP contribution in [0.25, 0.3) is 11.3 Å². The minimum atomic E-state index is 0.535. The molecule has 0 aliphatic rings. The average Bonchev–Trinajstić information content (AvgIpc) is 3.24. The Labute approximate surface area is 195 Å². The summed E-state index contributed by atoms with van der Waals surface area (Å²) in [5.41, 5.74) is 7.09. The Morgan fingerprint density at radius 3 is 2.27 bits per heavy atom. The first-order valence-corrected chi connectivity index (χ1v) is 11.6. The molecule has 7 heteroatoms. The third-order valence-corrected chi connectivity index (χ3v) is 6.02. The van der Waals surface area contributed by atoms with Crippen LogP contribution in [-0.2, 0) is 6.61 Å². The van der Waals surface area contributed by atoms with Crippen molar-refractivity contribution in [1.82, 2.24) is 4.98 Å². The van der Waals surface area contributed by atoms with E-state index < -0.39 is 0 Å². The molecule has 0 aliphatic heterocycles. The molecule has 0 amide bonds. The lowest BCUT2D eigenvalue weighted by Crippen LogP contribution is -1.95. The van der Waals surface area contributed by atoms with Crippen molar-refractivity contribution in [2.24, 2.45) is 5.10 Å². The summed E-state index contributed by atoms with van der Waals surface area (Å²) in [6, 6.07) is 24.0. The minimum Gasteiger partial charge on any atom is -0.489 e. The molecule has 0 bridgehead atoms. The first-order chi connectivity index (χ1) is 14.7. The third kappa shape index (κ3) is 5.78. The summed E-state index contributed by atoms with van der Waals surface area (Å²) in [4.78, 5) is 4.57. The number of nitrogens with zero attached hydrogens (tertiary/aromatic N) is 2. The van der Waals surface area contributed by atoms with Crippen molar-refractivity contribution in [3.05, 3.63) is 98.2 Å². The summed E-state index contributed by atoms with van der Waals surface area (Å²) < 4.78 is 7.94. The van der Waals surface area contributed by atoms with Gasteiger partial charge in [-0.3, -0.25) is 5.43 Å². The normalized spacial score (nSPS) is 11.0. The molecule has 150 valence electrons. The highest BCUT2D eigenvalue weighted by atomic mass is 79.9. The van der Waals surface area contributed by atoms with Gasteiger partial charge in [-0.25, -0.2) is 4.98 Å². The number of nitrogens with one attached hydrogen (secondary N) is 1. The molecule has 0 saturated carbocycles. The molecule has 0 saturated heterocycles. The Balaban J connectivity index is 1.30. The van der Waals surface area contributed by atoms with Crippen molar-refractivity contribution in [1.29, 1.82) is 0 Å². The van der Waals surface area contributed by atoms with Gasteiger partial charge in [0, 0.05) is 19.9 Å². The van der Waals surface area contributed by atoms with Gasteiger partial charge in [0.2, 0.25) is 5.13 Å². The first kappa shape index (κ1) is 20.8. The molecule has 0 atom stereocenters. The van der Waals surface area contributed by atoms with Gasteiger partial charge in [0.25, 0.3) is 0 Å². The quantitative estimate of drug-likeness (QED) is 0.196. The lowest BCUT2D eigenvalue weighted by atomic mass is 10.2. The van der Waals surface area contributed by atoms with Crippen LogP contribution in [0.5, 0.6) is 5.75 Å². The van der Waals surface area contributed by atoms with E-state index in [2.05, 4.69) is 47.4 Å². The van der Waals surface area contributed by atoms with E-state index in [1.54, 1.807) is 6.21 Å². The zero-order valence-corrected chi connectivity index (χ0v) is 19.7. The molecule has 0 fully saturated rings. The molecule has 4 aromatic rings. The SMILES string of the molecule is Brc1ccc(COc2ccc(/C=N\Nc3nc(-c4ccc(Br)cc4)cs3)cc2)cc1. The maximum absolute atomic E-state index is 5.83. The number of anilines is 1. The summed E-state index contributed by atoms with van der Waals surface area (Å²) in [5, 5.41) is 7.05.